The number of anilines is 1. The molecular formula is C14H21N5. The summed E-state index contributed by atoms with van der Waals surface area (Å²) in [6, 6.07) is 8.84. The van der Waals surface area contributed by atoms with Crippen LogP contribution in [0.3, 0.4) is 0 Å². The Balaban J connectivity index is 2.15. The number of hydrogen-bond donors (Lipinski definition) is 1. The summed E-state index contributed by atoms with van der Waals surface area (Å²) in [5, 5.41) is 7.44. The number of hydrogen-bond acceptors (Lipinski definition) is 4. The van der Waals surface area contributed by atoms with Crippen molar-refractivity contribution in [3.63, 3.8) is 0 Å². The van der Waals surface area contributed by atoms with Gasteiger partial charge in [0.1, 0.15) is 12.2 Å². The molecule has 1 aromatic heterocycles. The van der Waals surface area contributed by atoms with Crippen LogP contribution in [0.15, 0.2) is 30.6 Å². The Hall–Kier alpha value is -1.88. The first-order chi connectivity index (χ1) is 9.11. The monoisotopic (exact) mass is 259 g/mol. The average Bonchev–Trinajstić information content (AvgIpc) is 2.81. The van der Waals surface area contributed by atoms with Crippen molar-refractivity contribution < 1.29 is 0 Å². The van der Waals surface area contributed by atoms with Gasteiger partial charge in [-0.05, 0) is 24.7 Å². The van der Waals surface area contributed by atoms with Crippen molar-refractivity contribution in [1.29, 1.82) is 0 Å². The van der Waals surface area contributed by atoms with Crippen LogP contribution >= 0.6 is 0 Å². The molecule has 5 nitrogen and oxygen atoms in total. The predicted octanol–water partition coefficient (Wildman–Crippen LogP) is 1.38. The Morgan fingerprint density at radius 3 is 2.42 bits per heavy atom. The van der Waals surface area contributed by atoms with Crippen LogP contribution in [0.5, 0.6) is 0 Å². The Morgan fingerprint density at radius 2 is 1.95 bits per heavy atom. The Labute approximate surface area is 114 Å². The molecule has 1 N–H and O–H groups in total. The summed E-state index contributed by atoms with van der Waals surface area (Å²) in [5.41, 5.74) is 2.47. The summed E-state index contributed by atoms with van der Waals surface area (Å²) < 4.78 is 1.82. The first-order valence-corrected chi connectivity index (χ1v) is 6.39. The molecule has 1 aromatic carbocycles. The van der Waals surface area contributed by atoms with Crippen LogP contribution in [0.4, 0.5) is 5.69 Å². The maximum Gasteiger partial charge on any atom is 0.138 e. The van der Waals surface area contributed by atoms with E-state index in [0.717, 1.165) is 12.2 Å². The lowest BCUT2D eigenvalue weighted by Crippen LogP contribution is -2.20. The number of benzene rings is 1. The SMILES string of the molecule is CNC(Cc1ncnn1C)c1ccc(N(C)C)cc1. The molecule has 1 heterocycles. The zero-order valence-electron chi connectivity index (χ0n) is 12.0. The van der Waals surface area contributed by atoms with Gasteiger partial charge in [-0.1, -0.05) is 12.1 Å². The lowest BCUT2D eigenvalue weighted by Gasteiger charge is -2.18. The number of likely N-dealkylation sites (N-methyl/N-ethyl adjacent to an activating group) is 1. The molecule has 19 heavy (non-hydrogen) atoms. The van der Waals surface area contributed by atoms with Crippen LogP contribution in [-0.2, 0) is 13.5 Å². The van der Waals surface area contributed by atoms with E-state index in [1.54, 1.807) is 6.33 Å². The maximum absolute atomic E-state index is 4.28. The summed E-state index contributed by atoms with van der Waals surface area (Å²) in [6.07, 6.45) is 2.42. The molecule has 0 aliphatic carbocycles. The van der Waals surface area contributed by atoms with Crippen LogP contribution in [0.25, 0.3) is 0 Å². The fourth-order valence-electron chi connectivity index (χ4n) is 2.08. The van der Waals surface area contributed by atoms with E-state index in [9.17, 15) is 0 Å². The quantitative estimate of drug-likeness (QED) is 0.881. The van der Waals surface area contributed by atoms with Crippen LogP contribution in [0.2, 0.25) is 0 Å². The molecule has 0 saturated carbocycles. The Bertz CT molecular complexity index is 515. The number of aryl methyl sites for hydroxylation is 1. The molecule has 0 aliphatic rings. The highest BCUT2D eigenvalue weighted by molar-refractivity contribution is 5.46. The van der Waals surface area contributed by atoms with Crippen LogP contribution < -0.4 is 10.2 Å². The number of aromatic nitrogens is 3. The summed E-state index contributed by atoms with van der Waals surface area (Å²) in [7, 11) is 7.99. The topological polar surface area (TPSA) is 46.0 Å². The molecule has 0 radical (unpaired) electrons. The van der Waals surface area contributed by atoms with Crippen molar-refractivity contribution in [2.24, 2.45) is 7.05 Å². The van der Waals surface area contributed by atoms with Crippen molar-refractivity contribution in [2.75, 3.05) is 26.0 Å². The van der Waals surface area contributed by atoms with Gasteiger partial charge in [0.25, 0.3) is 0 Å². The highest BCUT2D eigenvalue weighted by Crippen LogP contribution is 2.20. The van der Waals surface area contributed by atoms with Crippen LogP contribution in [-0.4, -0.2) is 35.9 Å². The Kier molecular flexibility index (Phi) is 4.16. The standard InChI is InChI=1S/C14H21N5/c1-15-13(9-14-16-10-17-19(14)4)11-5-7-12(8-6-11)18(2)3/h5-8,10,13,15H,9H2,1-4H3. The average molecular weight is 259 g/mol. The molecule has 5 heteroatoms. The van der Waals surface area contributed by atoms with Crippen LogP contribution in [0.1, 0.15) is 17.4 Å². The van der Waals surface area contributed by atoms with E-state index in [-0.39, 0.29) is 6.04 Å². The minimum Gasteiger partial charge on any atom is -0.378 e. The fourth-order valence-corrected chi connectivity index (χ4v) is 2.08. The third-order valence-electron chi connectivity index (χ3n) is 3.35. The van der Waals surface area contributed by atoms with Gasteiger partial charge in [-0.25, -0.2) is 4.98 Å². The third kappa shape index (κ3) is 3.12. The molecule has 0 saturated heterocycles. The lowest BCUT2D eigenvalue weighted by atomic mass is 10.0. The van der Waals surface area contributed by atoms with Crippen molar-refractivity contribution >= 4 is 5.69 Å². The molecule has 1 unspecified atom stereocenters. The van der Waals surface area contributed by atoms with Gasteiger partial charge in [0, 0.05) is 39.3 Å². The second-order valence-electron chi connectivity index (χ2n) is 4.83. The van der Waals surface area contributed by atoms with Crippen molar-refractivity contribution in [1.82, 2.24) is 20.1 Å². The van der Waals surface area contributed by atoms with E-state index >= 15 is 0 Å². The van der Waals surface area contributed by atoms with Crippen molar-refractivity contribution in [3.8, 4) is 0 Å². The number of rotatable bonds is 5. The van der Waals surface area contributed by atoms with E-state index in [4.69, 9.17) is 0 Å². The largest absolute Gasteiger partial charge is 0.378 e. The van der Waals surface area contributed by atoms with Crippen LogP contribution in [0, 0.1) is 0 Å². The van der Waals surface area contributed by atoms with Crippen molar-refractivity contribution in [2.45, 2.75) is 12.5 Å². The van der Waals surface area contributed by atoms with E-state index in [0.29, 0.717) is 0 Å². The van der Waals surface area contributed by atoms with Gasteiger partial charge < -0.3 is 10.2 Å². The maximum atomic E-state index is 4.28. The molecule has 0 aliphatic heterocycles. The first-order valence-electron chi connectivity index (χ1n) is 6.39. The first kappa shape index (κ1) is 13.5. The van der Waals surface area contributed by atoms with Gasteiger partial charge in [-0.2, -0.15) is 5.10 Å². The molecule has 2 aromatic rings. The smallest absolute Gasteiger partial charge is 0.138 e. The summed E-state index contributed by atoms with van der Waals surface area (Å²) >= 11 is 0. The number of nitrogens with one attached hydrogen (secondary N) is 1. The zero-order chi connectivity index (χ0) is 13.8. The second-order valence-corrected chi connectivity index (χ2v) is 4.83. The fraction of sp³-hybridized carbons (Fsp3) is 0.429. The van der Waals surface area contributed by atoms with E-state index in [1.807, 2.05) is 32.9 Å². The predicted molar refractivity (Wildman–Crippen MR) is 77.3 cm³/mol. The molecule has 2 rings (SSSR count). The van der Waals surface area contributed by atoms with Gasteiger partial charge in [0.2, 0.25) is 0 Å². The molecule has 0 amide bonds. The van der Waals surface area contributed by atoms with Gasteiger partial charge in [0.15, 0.2) is 0 Å². The summed E-state index contributed by atoms with van der Waals surface area (Å²) in [4.78, 5) is 6.38. The highest BCUT2D eigenvalue weighted by Gasteiger charge is 2.13. The van der Waals surface area contributed by atoms with Gasteiger partial charge >= 0.3 is 0 Å². The lowest BCUT2D eigenvalue weighted by molar-refractivity contribution is 0.553. The van der Waals surface area contributed by atoms with Gasteiger partial charge in [-0.3, -0.25) is 4.68 Å². The highest BCUT2D eigenvalue weighted by atomic mass is 15.3. The minimum absolute atomic E-state index is 0.249. The molecule has 0 fully saturated rings. The minimum atomic E-state index is 0.249. The molecule has 1 atom stereocenters. The zero-order valence-corrected chi connectivity index (χ0v) is 12.0. The number of nitrogens with zero attached hydrogens (tertiary/aromatic N) is 4. The normalized spacial score (nSPS) is 12.4. The van der Waals surface area contributed by atoms with E-state index in [2.05, 4.69) is 44.6 Å². The third-order valence-corrected chi connectivity index (χ3v) is 3.35. The molecule has 102 valence electrons. The van der Waals surface area contributed by atoms with Crippen molar-refractivity contribution in [3.05, 3.63) is 42.0 Å². The molecule has 0 bridgehead atoms. The Morgan fingerprint density at radius 1 is 1.26 bits per heavy atom. The van der Waals surface area contributed by atoms with E-state index in [1.165, 1.54) is 11.3 Å². The van der Waals surface area contributed by atoms with Gasteiger partial charge in [0.05, 0.1) is 0 Å². The van der Waals surface area contributed by atoms with Gasteiger partial charge in [-0.15, -0.1) is 0 Å². The van der Waals surface area contributed by atoms with E-state index < -0.39 is 0 Å². The second kappa shape index (κ2) is 5.84. The molecular weight excluding hydrogens is 238 g/mol. The molecule has 0 spiro atoms. The summed E-state index contributed by atoms with van der Waals surface area (Å²) in [5.74, 6) is 0.982. The summed E-state index contributed by atoms with van der Waals surface area (Å²) in [6.45, 7) is 0.